The molecular weight excluding hydrogens is 267 g/mol. The van der Waals surface area contributed by atoms with Gasteiger partial charge in [0.1, 0.15) is 5.56 Å². The first-order chi connectivity index (χ1) is 8.84. The lowest BCUT2D eigenvalue weighted by Gasteiger charge is -2.16. The van der Waals surface area contributed by atoms with Gasteiger partial charge in [0.25, 0.3) is 0 Å². The fraction of sp³-hybridized carbons (Fsp3) is 0.273. The zero-order chi connectivity index (χ0) is 14.6. The number of methoxy groups -OCH3 is 1. The van der Waals surface area contributed by atoms with Crippen LogP contribution in [-0.2, 0) is 11.3 Å². The van der Waals surface area contributed by atoms with Crippen LogP contribution in [0, 0.1) is 11.3 Å². The molecule has 0 aromatic heterocycles. The van der Waals surface area contributed by atoms with E-state index in [1.54, 1.807) is 6.07 Å². The molecule has 0 saturated heterocycles. The Morgan fingerprint density at radius 3 is 2.53 bits per heavy atom. The second-order valence-electron chi connectivity index (χ2n) is 3.28. The summed E-state index contributed by atoms with van der Waals surface area (Å²) in [5, 5.41) is 17.8. The minimum absolute atomic E-state index is 0.227. The van der Waals surface area contributed by atoms with Crippen LogP contribution in [0.1, 0.15) is 21.5 Å². The predicted octanol–water partition coefficient (Wildman–Crippen LogP) is 1.74. The number of nitrogens with zero attached hydrogens (tertiary/aromatic N) is 1. The highest BCUT2D eigenvalue weighted by Gasteiger charge is 2.35. The minimum Gasteiger partial charge on any atom is -0.465 e. The molecule has 0 radical (unpaired) electrons. The summed E-state index contributed by atoms with van der Waals surface area (Å²) in [7, 11) is 0.983. The van der Waals surface area contributed by atoms with Crippen molar-refractivity contribution in [3.05, 3.63) is 28.8 Å². The van der Waals surface area contributed by atoms with Crippen LogP contribution in [0.15, 0.2) is 12.1 Å². The number of hydrogen-bond acceptors (Lipinski definition) is 5. The molecule has 5 nitrogen and oxygen atoms in total. The third-order valence-corrected chi connectivity index (χ3v) is 2.16. The maximum atomic E-state index is 12.3. The molecular formula is C11H8F3NO4. The highest BCUT2D eigenvalue weighted by Crippen LogP contribution is 2.32. The molecule has 0 aliphatic carbocycles. The van der Waals surface area contributed by atoms with Crippen molar-refractivity contribution in [3.8, 4) is 11.8 Å². The van der Waals surface area contributed by atoms with E-state index in [9.17, 15) is 18.0 Å². The van der Waals surface area contributed by atoms with Crippen molar-refractivity contribution in [1.29, 1.82) is 5.26 Å². The maximum absolute atomic E-state index is 12.3. The molecule has 0 amide bonds. The van der Waals surface area contributed by atoms with E-state index in [1.165, 1.54) is 0 Å². The average molecular weight is 275 g/mol. The molecule has 1 aromatic rings. The molecule has 102 valence electrons. The van der Waals surface area contributed by atoms with Gasteiger partial charge >= 0.3 is 12.3 Å². The van der Waals surface area contributed by atoms with E-state index in [2.05, 4.69) is 9.47 Å². The molecule has 0 fully saturated rings. The molecule has 0 unspecified atom stereocenters. The molecule has 0 spiro atoms. The largest absolute Gasteiger partial charge is 0.573 e. The zero-order valence-electron chi connectivity index (χ0n) is 9.61. The Kier molecular flexibility index (Phi) is 4.34. The summed E-state index contributed by atoms with van der Waals surface area (Å²) in [6, 6.07) is 3.66. The second-order valence-corrected chi connectivity index (χ2v) is 3.28. The fourth-order valence-corrected chi connectivity index (χ4v) is 1.39. The van der Waals surface area contributed by atoms with Gasteiger partial charge in [0.2, 0.25) is 0 Å². The van der Waals surface area contributed by atoms with E-state index in [0.717, 1.165) is 19.2 Å². The van der Waals surface area contributed by atoms with Crippen LogP contribution in [0.25, 0.3) is 0 Å². The number of aliphatic hydroxyl groups excluding tert-OH is 1. The lowest BCUT2D eigenvalue weighted by Crippen LogP contribution is -2.21. The van der Waals surface area contributed by atoms with Gasteiger partial charge in [0.05, 0.1) is 25.3 Å². The fourth-order valence-electron chi connectivity index (χ4n) is 1.39. The molecule has 1 rings (SSSR count). The molecule has 0 bridgehead atoms. The van der Waals surface area contributed by atoms with Crippen molar-refractivity contribution in [2.24, 2.45) is 0 Å². The molecule has 19 heavy (non-hydrogen) atoms. The minimum atomic E-state index is -5.07. The number of carbonyl (C=O) groups excluding carboxylic acids is 1. The van der Waals surface area contributed by atoms with Crippen molar-refractivity contribution in [1.82, 2.24) is 0 Å². The molecule has 0 aliphatic heterocycles. The number of hydrogen-bond donors (Lipinski definition) is 1. The first-order valence-corrected chi connectivity index (χ1v) is 4.85. The van der Waals surface area contributed by atoms with E-state index in [-0.39, 0.29) is 5.56 Å². The van der Waals surface area contributed by atoms with Crippen LogP contribution in [-0.4, -0.2) is 24.5 Å². The third kappa shape index (κ3) is 3.35. The summed E-state index contributed by atoms with van der Waals surface area (Å²) in [6.07, 6.45) is -5.07. The van der Waals surface area contributed by atoms with Gasteiger partial charge in [-0.1, -0.05) is 0 Å². The topological polar surface area (TPSA) is 79.6 Å². The van der Waals surface area contributed by atoms with Gasteiger partial charge in [0.15, 0.2) is 5.75 Å². The van der Waals surface area contributed by atoms with Gasteiger partial charge in [-0.05, 0) is 12.1 Å². The Morgan fingerprint density at radius 2 is 2.11 bits per heavy atom. The van der Waals surface area contributed by atoms with Gasteiger partial charge in [-0.15, -0.1) is 13.2 Å². The zero-order valence-corrected chi connectivity index (χ0v) is 9.61. The summed E-state index contributed by atoms with van der Waals surface area (Å²) in [5.74, 6) is -2.00. The smallest absolute Gasteiger partial charge is 0.465 e. The molecule has 0 aliphatic rings. The maximum Gasteiger partial charge on any atom is 0.573 e. The van der Waals surface area contributed by atoms with Crippen LogP contribution >= 0.6 is 0 Å². The monoisotopic (exact) mass is 275 g/mol. The van der Waals surface area contributed by atoms with Crippen molar-refractivity contribution in [3.63, 3.8) is 0 Å². The number of aliphatic hydroxyl groups is 1. The molecule has 0 atom stereocenters. The van der Waals surface area contributed by atoms with Gasteiger partial charge in [-0.2, -0.15) is 5.26 Å². The predicted molar refractivity (Wildman–Crippen MR) is 55.1 cm³/mol. The highest BCUT2D eigenvalue weighted by molar-refractivity contribution is 5.93. The summed E-state index contributed by atoms with van der Waals surface area (Å²) in [5.41, 5.74) is -1.18. The van der Waals surface area contributed by atoms with Gasteiger partial charge < -0.3 is 14.6 Å². The van der Waals surface area contributed by atoms with Crippen molar-refractivity contribution >= 4 is 5.97 Å². The summed E-state index contributed by atoms with van der Waals surface area (Å²) in [6.45, 7) is -0.890. The van der Waals surface area contributed by atoms with Crippen molar-refractivity contribution in [2.45, 2.75) is 13.0 Å². The van der Waals surface area contributed by atoms with E-state index >= 15 is 0 Å². The number of benzene rings is 1. The van der Waals surface area contributed by atoms with E-state index < -0.39 is 35.8 Å². The first kappa shape index (κ1) is 14.8. The van der Waals surface area contributed by atoms with Crippen LogP contribution in [0.2, 0.25) is 0 Å². The Morgan fingerprint density at radius 1 is 1.47 bits per heavy atom. The normalized spacial score (nSPS) is 10.7. The van der Waals surface area contributed by atoms with Gasteiger partial charge in [0, 0.05) is 5.56 Å². The number of carbonyl (C=O) groups is 1. The van der Waals surface area contributed by atoms with Gasteiger partial charge in [-0.3, -0.25) is 0 Å². The molecule has 0 saturated carbocycles. The number of ether oxygens (including phenoxy) is 2. The lowest BCUT2D eigenvalue weighted by atomic mass is 10.0. The second kappa shape index (κ2) is 5.58. The highest BCUT2D eigenvalue weighted by atomic mass is 19.4. The first-order valence-electron chi connectivity index (χ1n) is 4.85. The number of halogens is 3. The summed E-state index contributed by atoms with van der Waals surface area (Å²) >= 11 is 0. The van der Waals surface area contributed by atoms with E-state index in [0.29, 0.717) is 0 Å². The lowest BCUT2D eigenvalue weighted by molar-refractivity contribution is -0.275. The van der Waals surface area contributed by atoms with Crippen LogP contribution < -0.4 is 4.74 Å². The van der Waals surface area contributed by atoms with Crippen LogP contribution in [0.3, 0.4) is 0 Å². The Bertz CT molecular complexity index is 534. The number of alkyl halides is 3. The standard InChI is InChI=1S/C11H8F3NO4/c1-18-10(17)7-3-2-6(4-15)8(5-16)9(7)19-11(12,13)14/h2-3,16H,5H2,1H3. The molecule has 1 N–H and O–H groups in total. The number of rotatable bonds is 3. The third-order valence-electron chi connectivity index (χ3n) is 2.16. The van der Waals surface area contributed by atoms with E-state index in [4.69, 9.17) is 10.4 Å². The number of esters is 1. The molecule has 1 aromatic carbocycles. The Labute approximate surface area is 105 Å². The van der Waals surface area contributed by atoms with Crippen molar-refractivity contribution in [2.75, 3.05) is 7.11 Å². The Balaban J connectivity index is 3.49. The summed E-state index contributed by atoms with van der Waals surface area (Å²) < 4.78 is 44.9. The van der Waals surface area contributed by atoms with E-state index in [1.807, 2.05) is 0 Å². The van der Waals surface area contributed by atoms with Gasteiger partial charge in [-0.25, -0.2) is 4.79 Å². The SMILES string of the molecule is COC(=O)c1ccc(C#N)c(CO)c1OC(F)(F)F. The van der Waals surface area contributed by atoms with Crippen molar-refractivity contribution < 1.29 is 32.5 Å². The molecule has 0 heterocycles. The quantitative estimate of drug-likeness (QED) is 0.850. The average Bonchev–Trinajstić information content (AvgIpc) is 2.35. The Hall–Kier alpha value is -2.27. The molecule has 8 heteroatoms. The number of nitriles is 1. The summed E-state index contributed by atoms with van der Waals surface area (Å²) in [4.78, 5) is 11.4. The van der Waals surface area contributed by atoms with Crippen LogP contribution in [0.5, 0.6) is 5.75 Å². The van der Waals surface area contributed by atoms with Crippen LogP contribution in [0.4, 0.5) is 13.2 Å².